The molecule has 5 nitrogen and oxygen atoms in total. The van der Waals surface area contributed by atoms with Gasteiger partial charge in [0.25, 0.3) is 0 Å². The Bertz CT molecular complexity index is 360. The second-order valence-electron chi connectivity index (χ2n) is 3.47. The Balaban J connectivity index is 2.60. The van der Waals surface area contributed by atoms with Crippen LogP contribution in [0.5, 0.6) is 11.5 Å². The Morgan fingerprint density at radius 2 is 1.71 bits per heavy atom. The van der Waals surface area contributed by atoms with E-state index in [2.05, 4.69) is 4.74 Å². The monoisotopic (exact) mass is 240 g/mol. The Morgan fingerprint density at radius 1 is 1.18 bits per heavy atom. The average molecular weight is 240 g/mol. The zero-order valence-corrected chi connectivity index (χ0v) is 10.0. The van der Waals surface area contributed by atoms with Gasteiger partial charge in [-0.2, -0.15) is 0 Å². The summed E-state index contributed by atoms with van der Waals surface area (Å²) in [6, 6.07) is 6.85. The second-order valence-corrected chi connectivity index (χ2v) is 3.47. The third-order valence-corrected chi connectivity index (χ3v) is 2.27. The number of hydrogen-bond donors (Lipinski definition) is 1. The fraction of sp³-hybridized carbons (Fsp3) is 0.417. The predicted molar refractivity (Wildman–Crippen MR) is 61.1 cm³/mol. The van der Waals surface area contributed by atoms with Crippen LogP contribution in [0.4, 0.5) is 0 Å². The van der Waals surface area contributed by atoms with E-state index < -0.39 is 18.2 Å². The molecule has 1 rings (SSSR count). The minimum Gasteiger partial charge on any atom is -0.497 e. The molecule has 94 valence electrons. The van der Waals surface area contributed by atoms with Crippen molar-refractivity contribution in [2.24, 2.45) is 0 Å². The molecule has 0 saturated heterocycles. The van der Waals surface area contributed by atoms with Gasteiger partial charge in [-0.15, -0.1) is 0 Å². The highest BCUT2D eigenvalue weighted by Gasteiger charge is 2.24. The molecule has 0 aliphatic rings. The lowest BCUT2D eigenvalue weighted by Gasteiger charge is -2.18. The van der Waals surface area contributed by atoms with E-state index in [9.17, 15) is 9.90 Å². The number of carbonyl (C=O) groups excluding carboxylic acids is 1. The minimum atomic E-state index is -1.30. The van der Waals surface area contributed by atoms with Crippen LogP contribution in [0.25, 0.3) is 0 Å². The highest BCUT2D eigenvalue weighted by atomic mass is 16.6. The van der Waals surface area contributed by atoms with Crippen molar-refractivity contribution in [3.8, 4) is 11.5 Å². The van der Waals surface area contributed by atoms with Crippen molar-refractivity contribution in [1.82, 2.24) is 0 Å². The Kier molecular flexibility index (Phi) is 4.78. The molecule has 2 atom stereocenters. The van der Waals surface area contributed by atoms with E-state index in [-0.39, 0.29) is 0 Å². The molecule has 0 amide bonds. The van der Waals surface area contributed by atoms with Crippen LogP contribution in [0.15, 0.2) is 24.3 Å². The summed E-state index contributed by atoms with van der Waals surface area (Å²) in [6.07, 6.45) is -1.99. The predicted octanol–water partition coefficient (Wildman–Crippen LogP) is 0.996. The zero-order chi connectivity index (χ0) is 12.8. The SMILES string of the molecule is COC(=O)[C@@H](O)[C@@H](C)Oc1ccc(OC)cc1. The molecule has 0 spiro atoms. The van der Waals surface area contributed by atoms with Gasteiger partial charge in [0.15, 0.2) is 6.10 Å². The Labute approximate surface area is 99.9 Å². The van der Waals surface area contributed by atoms with Gasteiger partial charge in [0.2, 0.25) is 0 Å². The van der Waals surface area contributed by atoms with Gasteiger partial charge in [-0.05, 0) is 31.2 Å². The molecule has 0 bridgehead atoms. The molecule has 1 aromatic carbocycles. The summed E-state index contributed by atoms with van der Waals surface area (Å²) in [6.45, 7) is 1.59. The van der Waals surface area contributed by atoms with Crippen molar-refractivity contribution in [2.45, 2.75) is 19.1 Å². The minimum absolute atomic E-state index is 0.543. The van der Waals surface area contributed by atoms with E-state index in [4.69, 9.17) is 9.47 Å². The van der Waals surface area contributed by atoms with Gasteiger partial charge in [0, 0.05) is 0 Å². The van der Waals surface area contributed by atoms with Crippen LogP contribution in [0, 0.1) is 0 Å². The molecule has 0 fully saturated rings. The van der Waals surface area contributed by atoms with Crippen molar-refractivity contribution in [3.63, 3.8) is 0 Å². The molecule has 1 N–H and O–H groups in total. The van der Waals surface area contributed by atoms with E-state index in [1.165, 1.54) is 7.11 Å². The van der Waals surface area contributed by atoms with Crippen molar-refractivity contribution in [1.29, 1.82) is 0 Å². The highest BCUT2D eigenvalue weighted by molar-refractivity contribution is 5.74. The van der Waals surface area contributed by atoms with Crippen molar-refractivity contribution < 1.29 is 24.1 Å². The van der Waals surface area contributed by atoms with Crippen molar-refractivity contribution in [2.75, 3.05) is 14.2 Å². The fourth-order valence-corrected chi connectivity index (χ4v) is 1.25. The first-order valence-corrected chi connectivity index (χ1v) is 5.15. The largest absolute Gasteiger partial charge is 0.497 e. The van der Waals surface area contributed by atoms with E-state index in [1.54, 1.807) is 38.3 Å². The number of rotatable bonds is 5. The lowest BCUT2D eigenvalue weighted by molar-refractivity contribution is -0.154. The first-order valence-electron chi connectivity index (χ1n) is 5.15. The molecule has 5 heteroatoms. The summed E-state index contributed by atoms with van der Waals surface area (Å²) in [7, 11) is 2.78. The van der Waals surface area contributed by atoms with E-state index in [0.717, 1.165) is 0 Å². The van der Waals surface area contributed by atoms with Gasteiger partial charge in [-0.1, -0.05) is 0 Å². The number of aliphatic hydroxyl groups is 1. The summed E-state index contributed by atoms with van der Waals surface area (Å²) in [4.78, 5) is 11.1. The van der Waals surface area contributed by atoms with Crippen LogP contribution in [0.2, 0.25) is 0 Å². The summed E-state index contributed by atoms with van der Waals surface area (Å²) in [5.74, 6) is 0.533. The molecule has 1 aromatic rings. The lowest BCUT2D eigenvalue weighted by atomic mass is 10.2. The van der Waals surface area contributed by atoms with Crippen LogP contribution in [-0.4, -0.2) is 37.5 Å². The smallest absolute Gasteiger partial charge is 0.338 e. The maximum atomic E-state index is 11.1. The number of benzene rings is 1. The van der Waals surface area contributed by atoms with Gasteiger partial charge in [0.05, 0.1) is 14.2 Å². The van der Waals surface area contributed by atoms with Gasteiger partial charge < -0.3 is 19.3 Å². The number of carbonyl (C=O) groups is 1. The van der Waals surface area contributed by atoms with Crippen molar-refractivity contribution in [3.05, 3.63) is 24.3 Å². The molecule has 17 heavy (non-hydrogen) atoms. The molecule has 0 aromatic heterocycles. The number of aliphatic hydroxyl groups excluding tert-OH is 1. The second kappa shape index (κ2) is 6.10. The molecular weight excluding hydrogens is 224 g/mol. The molecular formula is C12H16O5. The van der Waals surface area contributed by atoms with Crippen LogP contribution in [0.1, 0.15) is 6.92 Å². The third kappa shape index (κ3) is 3.64. The first-order chi connectivity index (χ1) is 8.08. The molecule has 0 radical (unpaired) electrons. The normalized spacial score (nSPS) is 13.6. The average Bonchev–Trinajstić information content (AvgIpc) is 2.37. The Hall–Kier alpha value is -1.75. The maximum Gasteiger partial charge on any atom is 0.338 e. The Morgan fingerprint density at radius 3 is 2.18 bits per heavy atom. The zero-order valence-electron chi connectivity index (χ0n) is 10.0. The van der Waals surface area contributed by atoms with E-state index in [1.807, 2.05) is 0 Å². The van der Waals surface area contributed by atoms with E-state index >= 15 is 0 Å². The summed E-state index contributed by atoms with van der Waals surface area (Å²) in [5, 5.41) is 9.52. The maximum absolute atomic E-state index is 11.1. The third-order valence-electron chi connectivity index (χ3n) is 2.27. The van der Waals surface area contributed by atoms with Gasteiger partial charge in [-0.3, -0.25) is 0 Å². The van der Waals surface area contributed by atoms with Crippen LogP contribution in [0.3, 0.4) is 0 Å². The van der Waals surface area contributed by atoms with Gasteiger partial charge >= 0.3 is 5.97 Å². The molecule has 0 saturated carbocycles. The summed E-state index contributed by atoms with van der Waals surface area (Å²) < 4.78 is 14.8. The molecule has 0 heterocycles. The number of esters is 1. The molecule has 0 aliphatic heterocycles. The molecule has 0 unspecified atom stereocenters. The van der Waals surface area contributed by atoms with Crippen LogP contribution < -0.4 is 9.47 Å². The van der Waals surface area contributed by atoms with Crippen LogP contribution >= 0.6 is 0 Å². The number of ether oxygens (including phenoxy) is 3. The highest BCUT2D eigenvalue weighted by Crippen LogP contribution is 2.18. The van der Waals surface area contributed by atoms with Gasteiger partial charge in [-0.25, -0.2) is 4.79 Å². The quantitative estimate of drug-likeness (QED) is 0.778. The van der Waals surface area contributed by atoms with Crippen molar-refractivity contribution >= 4 is 5.97 Å². The van der Waals surface area contributed by atoms with E-state index in [0.29, 0.717) is 11.5 Å². The number of hydrogen-bond acceptors (Lipinski definition) is 5. The van der Waals surface area contributed by atoms with Gasteiger partial charge in [0.1, 0.15) is 17.6 Å². The lowest BCUT2D eigenvalue weighted by Crippen LogP contribution is -2.36. The fourth-order valence-electron chi connectivity index (χ4n) is 1.25. The summed E-state index contributed by atoms with van der Waals surface area (Å²) >= 11 is 0. The van der Waals surface area contributed by atoms with Crippen LogP contribution in [-0.2, 0) is 9.53 Å². The summed E-state index contributed by atoms with van der Waals surface area (Å²) in [5.41, 5.74) is 0. The first kappa shape index (κ1) is 13.3. The molecule has 0 aliphatic carbocycles. The number of methoxy groups -OCH3 is 2. The topological polar surface area (TPSA) is 65.0 Å². The standard InChI is InChI=1S/C12H16O5/c1-8(11(13)12(14)16-3)17-10-6-4-9(15-2)5-7-10/h4-8,11,13H,1-3H3/t8-,11+/m1/s1.